The van der Waals surface area contributed by atoms with Gasteiger partial charge in [0.15, 0.2) is 0 Å². The molecule has 1 aromatic rings. The van der Waals surface area contributed by atoms with Crippen LogP contribution in [-0.4, -0.2) is 27.7 Å². The topological polar surface area (TPSA) is 105 Å². The van der Waals surface area contributed by atoms with Gasteiger partial charge in [0.05, 0.1) is 23.2 Å². The normalized spacial score (nSPS) is 16.0. The van der Waals surface area contributed by atoms with Gasteiger partial charge in [-0.15, -0.1) is 0 Å². The van der Waals surface area contributed by atoms with Crippen LogP contribution in [0.5, 0.6) is 0 Å². The van der Waals surface area contributed by atoms with Crippen LogP contribution in [0.15, 0.2) is 23.1 Å². The number of nitrogens with zero attached hydrogens (tertiary/aromatic N) is 1. The fourth-order valence-corrected chi connectivity index (χ4v) is 3.55. The number of benzene rings is 1. The van der Waals surface area contributed by atoms with E-state index in [1.165, 1.54) is 31.0 Å². The number of nitrogens with two attached hydrogens (primary N) is 1. The maximum absolute atomic E-state index is 12.2. The number of sulfonamides is 1. The van der Waals surface area contributed by atoms with E-state index in [9.17, 15) is 8.42 Å². The van der Waals surface area contributed by atoms with Gasteiger partial charge in [0.2, 0.25) is 10.0 Å². The summed E-state index contributed by atoms with van der Waals surface area (Å²) in [7, 11) is -3.72. The highest BCUT2D eigenvalue weighted by Gasteiger charge is 2.19. The quantitative estimate of drug-likeness (QED) is 0.610. The molecule has 7 heteroatoms. The van der Waals surface area contributed by atoms with Gasteiger partial charge in [-0.05, 0) is 31.0 Å². The zero-order valence-electron chi connectivity index (χ0n) is 11.7. The number of nitrogen functional groups attached to an aromatic ring is 1. The molecule has 2 rings (SSSR count). The maximum atomic E-state index is 12.2. The third-order valence-corrected chi connectivity index (χ3v) is 4.98. The van der Waals surface area contributed by atoms with Gasteiger partial charge in [0.25, 0.3) is 0 Å². The third-order valence-electron chi connectivity index (χ3n) is 3.46. The summed E-state index contributed by atoms with van der Waals surface area (Å²) in [6.45, 7) is 0.523. The molecule has 0 saturated heterocycles. The molecule has 114 valence electrons. The number of hydrogen-bond acceptors (Lipinski definition) is 5. The molecule has 1 saturated carbocycles. The van der Waals surface area contributed by atoms with Crippen LogP contribution in [0, 0.1) is 11.3 Å². The van der Waals surface area contributed by atoms with Crippen LogP contribution in [0.25, 0.3) is 0 Å². The van der Waals surface area contributed by atoms with Crippen LogP contribution in [0.3, 0.4) is 0 Å². The molecular weight excluding hydrogens is 290 g/mol. The van der Waals surface area contributed by atoms with Gasteiger partial charge in [-0.2, -0.15) is 5.26 Å². The number of nitriles is 1. The average molecular weight is 309 g/mol. The molecular formula is C14H19N3O3S. The minimum absolute atomic E-state index is 0.0409. The Bertz CT molecular complexity index is 631. The molecule has 1 aliphatic rings. The average Bonchev–Trinajstić information content (AvgIpc) is 2.96. The second-order valence-corrected chi connectivity index (χ2v) is 6.78. The van der Waals surface area contributed by atoms with Gasteiger partial charge in [-0.3, -0.25) is 0 Å². The van der Waals surface area contributed by atoms with Crippen LogP contribution in [0.1, 0.15) is 31.2 Å². The summed E-state index contributed by atoms with van der Waals surface area (Å²) in [5.74, 6) is 0. The number of ether oxygens (including phenoxy) is 1. The van der Waals surface area contributed by atoms with Crippen LogP contribution >= 0.6 is 0 Å². The van der Waals surface area contributed by atoms with E-state index in [0.29, 0.717) is 12.3 Å². The van der Waals surface area contributed by atoms with Crippen molar-refractivity contribution >= 4 is 15.7 Å². The molecule has 0 aliphatic heterocycles. The van der Waals surface area contributed by atoms with Gasteiger partial charge in [0, 0.05) is 12.2 Å². The highest BCUT2D eigenvalue weighted by molar-refractivity contribution is 7.89. The van der Waals surface area contributed by atoms with Crippen molar-refractivity contribution in [1.29, 1.82) is 5.26 Å². The minimum Gasteiger partial charge on any atom is -0.399 e. The summed E-state index contributed by atoms with van der Waals surface area (Å²) < 4.78 is 32.4. The van der Waals surface area contributed by atoms with Gasteiger partial charge < -0.3 is 10.5 Å². The molecule has 0 atom stereocenters. The summed E-state index contributed by atoms with van der Waals surface area (Å²) in [4.78, 5) is -0.0555. The van der Waals surface area contributed by atoms with Crippen molar-refractivity contribution in [1.82, 2.24) is 4.72 Å². The van der Waals surface area contributed by atoms with E-state index in [4.69, 9.17) is 15.7 Å². The molecule has 0 radical (unpaired) electrons. The van der Waals surface area contributed by atoms with Crippen LogP contribution < -0.4 is 10.5 Å². The second kappa shape index (κ2) is 6.89. The predicted molar refractivity (Wildman–Crippen MR) is 79.0 cm³/mol. The fraction of sp³-hybridized carbons (Fsp3) is 0.500. The SMILES string of the molecule is N#Cc1cc(N)ccc1S(=O)(=O)NCCOC1CCCC1. The standard InChI is InChI=1S/C14H19N3O3S/c15-10-11-9-12(16)5-6-14(11)21(18,19)17-7-8-20-13-3-1-2-4-13/h5-6,9,13,17H,1-4,7-8,16H2. The Balaban J connectivity index is 1.94. The highest BCUT2D eigenvalue weighted by Crippen LogP contribution is 2.21. The van der Waals surface area contributed by atoms with Gasteiger partial charge in [-0.25, -0.2) is 13.1 Å². The Morgan fingerprint density at radius 2 is 2.10 bits per heavy atom. The molecule has 3 N–H and O–H groups in total. The maximum Gasteiger partial charge on any atom is 0.241 e. The first-order valence-corrected chi connectivity index (χ1v) is 8.42. The summed E-state index contributed by atoms with van der Waals surface area (Å²) in [6, 6.07) is 6.00. The van der Waals surface area contributed by atoms with E-state index >= 15 is 0 Å². The molecule has 0 spiro atoms. The molecule has 0 bridgehead atoms. The van der Waals surface area contributed by atoms with E-state index in [0.717, 1.165) is 12.8 Å². The lowest BCUT2D eigenvalue weighted by molar-refractivity contribution is 0.0626. The molecule has 1 aliphatic carbocycles. The summed E-state index contributed by atoms with van der Waals surface area (Å²) in [6.07, 6.45) is 4.69. The lowest BCUT2D eigenvalue weighted by Crippen LogP contribution is -2.29. The molecule has 0 unspecified atom stereocenters. The number of rotatable bonds is 6. The van der Waals surface area contributed by atoms with E-state index in [1.54, 1.807) is 0 Å². The lowest BCUT2D eigenvalue weighted by atomic mass is 10.2. The minimum atomic E-state index is -3.72. The zero-order chi connectivity index (χ0) is 15.3. The predicted octanol–water partition coefficient (Wildman–Crippen LogP) is 1.38. The summed E-state index contributed by atoms with van der Waals surface area (Å²) in [5, 5.41) is 9.00. The Morgan fingerprint density at radius 1 is 1.38 bits per heavy atom. The first kappa shape index (κ1) is 15.8. The van der Waals surface area contributed by atoms with Gasteiger partial charge in [-0.1, -0.05) is 12.8 Å². The first-order chi connectivity index (χ1) is 10.0. The van der Waals surface area contributed by atoms with Crippen molar-refractivity contribution in [3.05, 3.63) is 23.8 Å². The molecule has 0 aromatic heterocycles. The smallest absolute Gasteiger partial charge is 0.241 e. The van der Waals surface area contributed by atoms with Crippen molar-refractivity contribution in [2.24, 2.45) is 0 Å². The van der Waals surface area contributed by atoms with Crippen molar-refractivity contribution in [3.8, 4) is 6.07 Å². The molecule has 1 aromatic carbocycles. The highest BCUT2D eigenvalue weighted by atomic mass is 32.2. The Kier molecular flexibility index (Phi) is 5.17. The number of hydrogen-bond donors (Lipinski definition) is 2. The fourth-order valence-electron chi connectivity index (χ4n) is 2.40. The van der Waals surface area contributed by atoms with E-state index in [2.05, 4.69) is 4.72 Å². The molecule has 0 heterocycles. The Morgan fingerprint density at radius 3 is 2.76 bits per heavy atom. The Labute approximate surface area is 125 Å². The lowest BCUT2D eigenvalue weighted by Gasteiger charge is -2.12. The first-order valence-electron chi connectivity index (χ1n) is 6.94. The van der Waals surface area contributed by atoms with Gasteiger partial charge >= 0.3 is 0 Å². The zero-order valence-corrected chi connectivity index (χ0v) is 12.5. The van der Waals surface area contributed by atoms with Crippen LogP contribution in [0.4, 0.5) is 5.69 Å². The molecule has 1 fully saturated rings. The third kappa shape index (κ3) is 4.17. The van der Waals surface area contributed by atoms with Crippen molar-refractivity contribution in [2.75, 3.05) is 18.9 Å². The largest absolute Gasteiger partial charge is 0.399 e. The molecule has 6 nitrogen and oxygen atoms in total. The number of anilines is 1. The van der Waals surface area contributed by atoms with E-state index in [1.807, 2.05) is 6.07 Å². The Hall–Kier alpha value is -1.62. The summed E-state index contributed by atoms with van der Waals surface area (Å²) in [5.41, 5.74) is 5.95. The van der Waals surface area contributed by atoms with Crippen LogP contribution in [0.2, 0.25) is 0 Å². The van der Waals surface area contributed by atoms with Crippen LogP contribution in [-0.2, 0) is 14.8 Å². The number of nitrogens with one attached hydrogen (secondary N) is 1. The molecule has 0 amide bonds. The second-order valence-electron chi connectivity index (χ2n) is 5.04. The van der Waals surface area contributed by atoms with Crippen molar-refractivity contribution in [2.45, 2.75) is 36.7 Å². The van der Waals surface area contributed by atoms with Crippen molar-refractivity contribution < 1.29 is 13.2 Å². The molecule has 21 heavy (non-hydrogen) atoms. The summed E-state index contributed by atoms with van der Waals surface area (Å²) >= 11 is 0. The van der Waals surface area contributed by atoms with Crippen molar-refractivity contribution in [3.63, 3.8) is 0 Å². The van der Waals surface area contributed by atoms with E-state index < -0.39 is 10.0 Å². The monoisotopic (exact) mass is 309 g/mol. The van der Waals surface area contributed by atoms with Gasteiger partial charge in [0.1, 0.15) is 6.07 Å². The van der Waals surface area contributed by atoms with E-state index in [-0.39, 0.29) is 23.1 Å².